The van der Waals surface area contributed by atoms with E-state index in [1.807, 2.05) is 0 Å². The molecule has 0 fully saturated rings. The van der Waals surface area contributed by atoms with E-state index in [9.17, 15) is 9.50 Å². The van der Waals surface area contributed by atoms with E-state index in [0.717, 1.165) is 6.07 Å². The van der Waals surface area contributed by atoms with Gasteiger partial charge in [-0.25, -0.2) is 9.37 Å². The standard InChI is InChI=1S/C9H7ClFN3O/c10-5-1-2-6(7(11)3-5)8(15)9-12-4-13-14-9/h1-4,8,15H,(H,12,13,14). The van der Waals surface area contributed by atoms with Gasteiger partial charge in [-0.15, -0.1) is 0 Å². The van der Waals surface area contributed by atoms with Crippen LogP contribution in [0, 0.1) is 5.82 Å². The van der Waals surface area contributed by atoms with Gasteiger partial charge in [-0.2, -0.15) is 5.10 Å². The predicted molar refractivity (Wildman–Crippen MR) is 51.9 cm³/mol. The fourth-order valence-corrected chi connectivity index (χ4v) is 1.38. The topological polar surface area (TPSA) is 61.8 Å². The van der Waals surface area contributed by atoms with Crippen molar-refractivity contribution in [3.63, 3.8) is 0 Å². The number of benzene rings is 1. The summed E-state index contributed by atoms with van der Waals surface area (Å²) in [6, 6.07) is 4.04. The highest BCUT2D eigenvalue weighted by Gasteiger charge is 2.17. The zero-order valence-corrected chi connectivity index (χ0v) is 8.24. The Morgan fingerprint density at radius 1 is 1.47 bits per heavy atom. The maximum Gasteiger partial charge on any atom is 0.157 e. The van der Waals surface area contributed by atoms with Crippen LogP contribution in [-0.2, 0) is 0 Å². The lowest BCUT2D eigenvalue weighted by atomic mass is 10.1. The Morgan fingerprint density at radius 2 is 2.27 bits per heavy atom. The van der Waals surface area contributed by atoms with E-state index in [4.69, 9.17) is 11.6 Å². The molecular formula is C9H7ClFN3O. The van der Waals surface area contributed by atoms with Crippen LogP contribution in [0.1, 0.15) is 17.5 Å². The van der Waals surface area contributed by atoms with Crippen LogP contribution in [0.4, 0.5) is 4.39 Å². The van der Waals surface area contributed by atoms with Crippen molar-refractivity contribution >= 4 is 11.6 Å². The fourth-order valence-electron chi connectivity index (χ4n) is 1.22. The second-order valence-electron chi connectivity index (χ2n) is 2.94. The Bertz CT molecular complexity index is 460. The molecule has 1 atom stereocenters. The largest absolute Gasteiger partial charge is 0.380 e. The molecule has 15 heavy (non-hydrogen) atoms. The number of H-pyrrole nitrogens is 1. The lowest BCUT2D eigenvalue weighted by Crippen LogP contribution is -2.04. The van der Waals surface area contributed by atoms with Gasteiger partial charge in [0.25, 0.3) is 0 Å². The first-order chi connectivity index (χ1) is 7.18. The summed E-state index contributed by atoms with van der Waals surface area (Å²) in [7, 11) is 0. The van der Waals surface area contributed by atoms with E-state index in [0.29, 0.717) is 0 Å². The fraction of sp³-hybridized carbons (Fsp3) is 0.111. The highest BCUT2D eigenvalue weighted by atomic mass is 35.5. The van der Waals surface area contributed by atoms with Crippen LogP contribution in [0.5, 0.6) is 0 Å². The molecule has 1 heterocycles. The van der Waals surface area contributed by atoms with E-state index >= 15 is 0 Å². The van der Waals surface area contributed by atoms with Gasteiger partial charge in [-0.1, -0.05) is 17.7 Å². The zero-order chi connectivity index (χ0) is 10.8. The summed E-state index contributed by atoms with van der Waals surface area (Å²) in [5, 5.41) is 16.1. The molecule has 0 aliphatic rings. The van der Waals surface area contributed by atoms with E-state index in [2.05, 4.69) is 15.2 Å². The monoisotopic (exact) mass is 227 g/mol. The molecule has 0 saturated heterocycles. The van der Waals surface area contributed by atoms with Crippen molar-refractivity contribution in [1.82, 2.24) is 15.2 Å². The van der Waals surface area contributed by atoms with Gasteiger partial charge in [0.05, 0.1) is 0 Å². The average Bonchev–Trinajstić information content (AvgIpc) is 2.69. The van der Waals surface area contributed by atoms with Crippen molar-refractivity contribution in [1.29, 1.82) is 0 Å². The minimum absolute atomic E-state index is 0.108. The second kappa shape index (κ2) is 3.96. The van der Waals surface area contributed by atoms with Gasteiger partial charge in [0.2, 0.25) is 0 Å². The van der Waals surface area contributed by atoms with Gasteiger partial charge < -0.3 is 5.11 Å². The first-order valence-electron chi connectivity index (χ1n) is 4.17. The number of nitrogens with one attached hydrogen (secondary N) is 1. The molecule has 0 saturated carbocycles. The molecule has 4 nitrogen and oxygen atoms in total. The van der Waals surface area contributed by atoms with Crippen LogP contribution in [0.2, 0.25) is 5.02 Å². The van der Waals surface area contributed by atoms with Crippen molar-refractivity contribution < 1.29 is 9.50 Å². The summed E-state index contributed by atoms with van der Waals surface area (Å²) < 4.78 is 13.4. The molecule has 6 heteroatoms. The molecule has 0 aliphatic heterocycles. The summed E-state index contributed by atoms with van der Waals surface area (Å²) in [5.74, 6) is -0.386. The number of hydrogen-bond acceptors (Lipinski definition) is 3. The normalized spacial score (nSPS) is 12.7. The number of hydrogen-bond donors (Lipinski definition) is 2. The molecule has 2 rings (SSSR count). The van der Waals surface area contributed by atoms with Crippen LogP contribution >= 0.6 is 11.6 Å². The van der Waals surface area contributed by atoms with E-state index in [-0.39, 0.29) is 16.4 Å². The van der Waals surface area contributed by atoms with Crippen molar-refractivity contribution in [2.75, 3.05) is 0 Å². The molecule has 0 spiro atoms. The van der Waals surface area contributed by atoms with Gasteiger partial charge in [-0.3, -0.25) is 5.10 Å². The molecule has 1 unspecified atom stereocenters. The molecule has 0 radical (unpaired) electrons. The number of nitrogens with zero attached hydrogens (tertiary/aromatic N) is 2. The molecular weight excluding hydrogens is 221 g/mol. The summed E-state index contributed by atoms with van der Waals surface area (Å²) in [4.78, 5) is 3.74. The number of halogens is 2. The lowest BCUT2D eigenvalue weighted by molar-refractivity contribution is 0.205. The van der Waals surface area contributed by atoms with Crippen molar-refractivity contribution in [2.24, 2.45) is 0 Å². The first kappa shape index (κ1) is 10.1. The Morgan fingerprint density at radius 3 is 2.87 bits per heavy atom. The van der Waals surface area contributed by atoms with Gasteiger partial charge in [-0.05, 0) is 12.1 Å². The summed E-state index contributed by atoms with van der Waals surface area (Å²) in [6.45, 7) is 0. The SMILES string of the molecule is OC(c1ncn[nH]1)c1ccc(Cl)cc1F. The Balaban J connectivity index is 2.38. The zero-order valence-electron chi connectivity index (χ0n) is 7.48. The molecule has 0 aliphatic carbocycles. The number of aromatic amines is 1. The maximum absolute atomic E-state index is 13.4. The first-order valence-corrected chi connectivity index (χ1v) is 4.54. The van der Waals surface area contributed by atoms with Gasteiger partial charge >= 0.3 is 0 Å². The van der Waals surface area contributed by atoms with E-state index < -0.39 is 11.9 Å². The predicted octanol–water partition coefficient (Wildman–Crippen LogP) is 1.68. The molecule has 1 aromatic heterocycles. The highest BCUT2D eigenvalue weighted by Crippen LogP contribution is 2.23. The number of aliphatic hydroxyl groups excluding tert-OH is 1. The van der Waals surface area contributed by atoms with Crippen LogP contribution in [0.25, 0.3) is 0 Å². The van der Waals surface area contributed by atoms with Crippen LogP contribution < -0.4 is 0 Å². The third-order valence-corrected chi connectivity index (χ3v) is 2.18. The molecule has 2 N–H and O–H groups in total. The van der Waals surface area contributed by atoms with Gasteiger partial charge in [0, 0.05) is 10.6 Å². The summed E-state index contributed by atoms with van der Waals surface area (Å²) >= 11 is 5.59. The average molecular weight is 228 g/mol. The van der Waals surface area contributed by atoms with Crippen LogP contribution in [0.3, 0.4) is 0 Å². The quantitative estimate of drug-likeness (QED) is 0.821. The van der Waals surface area contributed by atoms with Crippen LogP contribution in [-0.4, -0.2) is 20.3 Å². The molecule has 1 aromatic carbocycles. The Hall–Kier alpha value is -1.46. The van der Waals surface area contributed by atoms with Crippen molar-refractivity contribution in [3.8, 4) is 0 Å². The molecule has 0 bridgehead atoms. The third-order valence-electron chi connectivity index (χ3n) is 1.95. The Kier molecular flexibility index (Phi) is 2.66. The van der Waals surface area contributed by atoms with Gasteiger partial charge in [0.1, 0.15) is 18.2 Å². The van der Waals surface area contributed by atoms with E-state index in [1.54, 1.807) is 0 Å². The smallest absolute Gasteiger partial charge is 0.157 e. The Labute approximate surface area is 89.7 Å². The minimum Gasteiger partial charge on any atom is -0.380 e. The minimum atomic E-state index is -1.16. The van der Waals surface area contributed by atoms with Crippen LogP contribution in [0.15, 0.2) is 24.5 Å². The van der Waals surface area contributed by atoms with Gasteiger partial charge in [0.15, 0.2) is 5.82 Å². The van der Waals surface area contributed by atoms with E-state index in [1.165, 1.54) is 18.5 Å². The second-order valence-corrected chi connectivity index (χ2v) is 3.38. The molecule has 78 valence electrons. The van der Waals surface area contributed by atoms with Crippen molar-refractivity contribution in [3.05, 3.63) is 46.8 Å². The third kappa shape index (κ3) is 1.98. The summed E-state index contributed by atoms with van der Waals surface area (Å²) in [6.07, 6.45) is 0.0802. The highest BCUT2D eigenvalue weighted by molar-refractivity contribution is 6.30. The van der Waals surface area contributed by atoms with Crippen molar-refractivity contribution in [2.45, 2.75) is 6.10 Å². The number of aromatic nitrogens is 3. The number of rotatable bonds is 2. The summed E-state index contributed by atoms with van der Waals surface area (Å²) in [5.41, 5.74) is 0.108. The lowest BCUT2D eigenvalue weighted by Gasteiger charge is -2.08. The molecule has 2 aromatic rings. The molecule has 0 amide bonds. The maximum atomic E-state index is 13.4. The number of aliphatic hydroxyl groups is 1.